The van der Waals surface area contributed by atoms with Crippen LogP contribution in [0.2, 0.25) is 0 Å². The molecule has 15 heavy (non-hydrogen) atoms. The molecule has 0 N–H and O–H groups in total. The molecule has 0 saturated carbocycles. The number of carbonyl (C=O) groups is 1. The average molecular weight is 219 g/mol. The first-order chi connectivity index (χ1) is 7.22. The minimum absolute atomic E-state index is 0.129. The van der Waals surface area contributed by atoms with Crippen molar-refractivity contribution in [2.45, 2.75) is 48.0 Å². The van der Waals surface area contributed by atoms with Crippen molar-refractivity contribution in [3.05, 3.63) is 0 Å². The third kappa shape index (κ3) is 16.1. The Bertz CT molecular complexity index is 116. The Morgan fingerprint density at radius 2 is 1.60 bits per heavy atom. The highest BCUT2D eigenvalue weighted by molar-refractivity contribution is 5.73. The summed E-state index contributed by atoms with van der Waals surface area (Å²) in [6.45, 7) is 13.8. The van der Waals surface area contributed by atoms with Crippen LogP contribution in [0.15, 0.2) is 0 Å². The van der Waals surface area contributed by atoms with E-state index in [0.29, 0.717) is 13.2 Å². The molecule has 3 nitrogen and oxygen atoms in total. The van der Waals surface area contributed by atoms with E-state index in [4.69, 9.17) is 4.74 Å². The molecule has 1 amide bonds. The predicted molar refractivity (Wildman–Crippen MR) is 67.1 cm³/mol. The molecule has 0 atom stereocenters. The maximum absolute atomic E-state index is 10.9. The van der Waals surface area contributed by atoms with Crippen LogP contribution in [0, 0.1) is 0 Å². The first-order valence-electron chi connectivity index (χ1n) is 5.96. The van der Waals surface area contributed by atoms with Crippen LogP contribution in [-0.4, -0.2) is 37.6 Å². The highest BCUT2D eigenvalue weighted by atomic mass is 16.5. The zero-order chi connectivity index (χ0) is 12.7. The third-order valence-electron chi connectivity index (χ3n) is 1.50. The van der Waals surface area contributed by atoms with Gasteiger partial charge in [0.15, 0.2) is 0 Å². The molecule has 0 aliphatic carbocycles. The van der Waals surface area contributed by atoms with Crippen molar-refractivity contribution in [3.8, 4) is 0 Å². The van der Waals surface area contributed by atoms with E-state index in [1.807, 2.05) is 27.7 Å². The maximum atomic E-state index is 10.9. The van der Waals surface area contributed by atoms with Crippen molar-refractivity contribution < 1.29 is 9.53 Å². The van der Waals surface area contributed by atoms with Crippen LogP contribution in [0.25, 0.3) is 0 Å². The summed E-state index contributed by atoms with van der Waals surface area (Å²) in [6.07, 6.45) is 1.00. The van der Waals surface area contributed by atoms with Crippen molar-refractivity contribution in [2.24, 2.45) is 0 Å². The van der Waals surface area contributed by atoms with Crippen molar-refractivity contribution in [2.75, 3.05) is 26.8 Å². The molecular formula is C12H29NO2. The summed E-state index contributed by atoms with van der Waals surface area (Å²) in [4.78, 5) is 12.7. The number of methoxy groups -OCH3 is 1. The van der Waals surface area contributed by atoms with Crippen LogP contribution in [-0.2, 0) is 9.53 Å². The van der Waals surface area contributed by atoms with E-state index in [-0.39, 0.29) is 5.91 Å². The monoisotopic (exact) mass is 219 g/mol. The van der Waals surface area contributed by atoms with Crippen molar-refractivity contribution in [3.63, 3.8) is 0 Å². The molecule has 0 radical (unpaired) electrons. The van der Waals surface area contributed by atoms with Crippen molar-refractivity contribution in [1.82, 2.24) is 4.90 Å². The lowest BCUT2D eigenvalue weighted by atomic mass is 10.4. The van der Waals surface area contributed by atoms with Gasteiger partial charge in [-0.3, -0.25) is 4.79 Å². The molecule has 0 unspecified atom stereocenters. The van der Waals surface area contributed by atoms with Gasteiger partial charge in [0.1, 0.15) is 0 Å². The number of hydrogen-bond donors (Lipinski definition) is 0. The van der Waals surface area contributed by atoms with E-state index in [9.17, 15) is 4.79 Å². The smallest absolute Gasteiger partial charge is 0.219 e. The quantitative estimate of drug-likeness (QED) is 0.711. The van der Waals surface area contributed by atoms with Crippen LogP contribution in [0.4, 0.5) is 0 Å². The summed E-state index contributed by atoms with van der Waals surface area (Å²) >= 11 is 0. The number of nitrogens with zero attached hydrogens (tertiary/aromatic N) is 1. The minimum atomic E-state index is 0.129. The van der Waals surface area contributed by atoms with Crippen molar-refractivity contribution >= 4 is 5.91 Å². The zero-order valence-corrected chi connectivity index (χ0v) is 11.6. The Hall–Kier alpha value is -0.570. The van der Waals surface area contributed by atoms with Crippen LogP contribution in [0.5, 0.6) is 0 Å². The Kier molecular flexibility index (Phi) is 25.3. The van der Waals surface area contributed by atoms with Gasteiger partial charge in [-0.2, -0.15) is 0 Å². The van der Waals surface area contributed by atoms with Crippen LogP contribution >= 0.6 is 0 Å². The molecule has 0 spiro atoms. The van der Waals surface area contributed by atoms with E-state index in [1.165, 1.54) is 0 Å². The van der Waals surface area contributed by atoms with Gasteiger partial charge in [0.25, 0.3) is 0 Å². The first-order valence-corrected chi connectivity index (χ1v) is 5.96. The second kappa shape index (κ2) is 19.1. The Morgan fingerprint density at radius 1 is 1.13 bits per heavy atom. The number of rotatable bonds is 5. The molecule has 94 valence electrons. The lowest BCUT2D eigenvalue weighted by Gasteiger charge is -2.19. The predicted octanol–water partition coefficient (Wildman–Crippen LogP) is 2.94. The highest BCUT2D eigenvalue weighted by Crippen LogP contribution is 1.91. The van der Waals surface area contributed by atoms with Gasteiger partial charge >= 0.3 is 0 Å². The maximum Gasteiger partial charge on any atom is 0.219 e. The summed E-state index contributed by atoms with van der Waals surface area (Å²) in [6, 6.07) is 0. The number of amides is 1. The number of hydrogen-bond acceptors (Lipinski definition) is 2. The van der Waals surface area contributed by atoms with E-state index >= 15 is 0 Å². The van der Waals surface area contributed by atoms with E-state index in [0.717, 1.165) is 13.0 Å². The first kappa shape index (κ1) is 19.9. The van der Waals surface area contributed by atoms with Gasteiger partial charge in [-0.1, -0.05) is 34.6 Å². The van der Waals surface area contributed by atoms with E-state index in [1.54, 1.807) is 18.9 Å². The zero-order valence-electron chi connectivity index (χ0n) is 11.6. The van der Waals surface area contributed by atoms with E-state index in [2.05, 4.69) is 6.92 Å². The lowest BCUT2D eigenvalue weighted by molar-refractivity contribution is -0.129. The van der Waals surface area contributed by atoms with Gasteiger partial charge < -0.3 is 9.64 Å². The van der Waals surface area contributed by atoms with Gasteiger partial charge in [0.05, 0.1) is 6.61 Å². The molecule has 3 heteroatoms. The SMILES string of the molecule is CC.CC.CCCN(CCOC)C(C)=O. The lowest BCUT2D eigenvalue weighted by Crippen LogP contribution is -2.32. The van der Waals surface area contributed by atoms with Crippen LogP contribution < -0.4 is 0 Å². The minimum Gasteiger partial charge on any atom is -0.383 e. The number of ether oxygens (including phenoxy) is 1. The Labute approximate surface area is 95.8 Å². The number of carbonyl (C=O) groups excluding carboxylic acids is 1. The van der Waals surface area contributed by atoms with Gasteiger partial charge in [-0.25, -0.2) is 0 Å². The van der Waals surface area contributed by atoms with E-state index < -0.39 is 0 Å². The summed E-state index contributed by atoms with van der Waals surface area (Å²) in [5.41, 5.74) is 0. The van der Waals surface area contributed by atoms with Gasteiger partial charge in [-0.05, 0) is 6.42 Å². The molecule has 0 aromatic rings. The summed E-state index contributed by atoms with van der Waals surface area (Å²) in [5.74, 6) is 0.129. The van der Waals surface area contributed by atoms with Gasteiger partial charge in [-0.15, -0.1) is 0 Å². The van der Waals surface area contributed by atoms with Crippen LogP contribution in [0.3, 0.4) is 0 Å². The van der Waals surface area contributed by atoms with Crippen molar-refractivity contribution in [1.29, 1.82) is 0 Å². The standard InChI is InChI=1S/C8H17NO2.2C2H6/c1-4-5-9(8(2)10)6-7-11-3;2*1-2/h4-7H2,1-3H3;2*1-2H3. The molecule has 0 aromatic heterocycles. The summed E-state index contributed by atoms with van der Waals surface area (Å²) in [5, 5.41) is 0. The summed E-state index contributed by atoms with van der Waals surface area (Å²) in [7, 11) is 1.64. The Morgan fingerprint density at radius 3 is 1.87 bits per heavy atom. The molecular weight excluding hydrogens is 190 g/mol. The molecule has 0 aliphatic heterocycles. The average Bonchev–Trinajstić information content (AvgIpc) is 2.29. The molecule has 0 saturated heterocycles. The molecule has 0 fully saturated rings. The molecule has 0 aromatic carbocycles. The fourth-order valence-electron chi connectivity index (χ4n) is 0.898. The summed E-state index contributed by atoms with van der Waals surface area (Å²) < 4.78 is 4.87. The normalized spacial score (nSPS) is 7.93. The third-order valence-corrected chi connectivity index (χ3v) is 1.50. The highest BCUT2D eigenvalue weighted by Gasteiger charge is 2.05. The second-order valence-corrected chi connectivity index (χ2v) is 2.50. The largest absolute Gasteiger partial charge is 0.383 e. The fourth-order valence-corrected chi connectivity index (χ4v) is 0.898. The molecule has 0 heterocycles. The topological polar surface area (TPSA) is 29.5 Å². The Balaban J connectivity index is -0.000000318. The molecule has 0 aliphatic rings. The molecule has 0 bridgehead atoms. The van der Waals surface area contributed by atoms with Crippen LogP contribution in [0.1, 0.15) is 48.0 Å². The second-order valence-electron chi connectivity index (χ2n) is 2.50. The van der Waals surface area contributed by atoms with Gasteiger partial charge in [0.2, 0.25) is 5.91 Å². The fraction of sp³-hybridized carbons (Fsp3) is 0.917. The van der Waals surface area contributed by atoms with Gasteiger partial charge in [0, 0.05) is 27.1 Å². The molecule has 0 rings (SSSR count).